The van der Waals surface area contributed by atoms with Crippen LogP contribution in [-0.4, -0.2) is 41.6 Å². The van der Waals surface area contributed by atoms with Crippen molar-refractivity contribution < 1.29 is 4.79 Å². The summed E-state index contributed by atoms with van der Waals surface area (Å²) in [4.78, 5) is 15.0. The molecule has 0 saturated carbocycles. The van der Waals surface area contributed by atoms with E-state index < -0.39 is 0 Å². The number of para-hydroxylation sites is 1. The molecule has 0 aliphatic carbocycles. The van der Waals surface area contributed by atoms with Crippen molar-refractivity contribution in [2.75, 3.05) is 26.2 Å². The fourth-order valence-corrected chi connectivity index (χ4v) is 3.32. The summed E-state index contributed by atoms with van der Waals surface area (Å²) in [6.07, 6.45) is 2.23. The number of fused-ring (bicyclic) bond motifs is 1. The highest BCUT2D eigenvalue weighted by Gasteiger charge is 2.25. The van der Waals surface area contributed by atoms with E-state index in [9.17, 15) is 4.79 Å². The van der Waals surface area contributed by atoms with Crippen molar-refractivity contribution in [3.63, 3.8) is 0 Å². The van der Waals surface area contributed by atoms with Crippen molar-refractivity contribution in [2.24, 2.45) is 0 Å². The first-order valence-corrected chi connectivity index (χ1v) is 8.32. The van der Waals surface area contributed by atoms with Crippen LogP contribution in [0.15, 0.2) is 24.3 Å². The number of nitrogens with one attached hydrogen (secondary N) is 1. The number of amides is 1. The summed E-state index contributed by atoms with van der Waals surface area (Å²) in [7, 11) is 0. The van der Waals surface area contributed by atoms with E-state index in [0.717, 1.165) is 56.8 Å². The van der Waals surface area contributed by atoms with E-state index in [4.69, 9.17) is 0 Å². The van der Waals surface area contributed by atoms with Gasteiger partial charge in [-0.15, -0.1) is 0 Å². The van der Waals surface area contributed by atoms with E-state index in [1.807, 2.05) is 4.90 Å². The molecule has 4 heteroatoms. The third-order valence-corrected chi connectivity index (χ3v) is 4.57. The van der Waals surface area contributed by atoms with Crippen LogP contribution in [0.2, 0.25) is 0 Å². The molecule has 3 rings (SSSR count). The Hall–Kier alpha value is -1.81. The first-order valence-electron chi connectivity index (χ1n) is 8.32. The normalized spacial score (nSPS) is 15.5. The lowest BCUT2D eigenvalue weighted by Crippen LogP contribution is -2.47. The summed E-state index contributed by atoms with van der Waals surface area (Å²) in [5.74, 6) is 0.186. The monoisotopic (exact) mass is 299 g/mol. The summed E-state index contributed by atoms with van der Waals surface area (Å²) in [5.41, 5.74) is 3.19. The highest BCUT2D eigenvalue weighted by atomic mass is 16.2. The van der Waals surface area contributed by atoms with E-state index in [2.05, 4.69) is 48.0 Å². The molecule has 1 N–H and O–H groups in total. The second kappa shape index (κ2) is 6.53. The number of hydrogen-bond donors (Lipinski definition) is 1. The molecule has 1 aromatic heterocycles. The fraction of sp³-hybridized carbons (Fsp3) is 0.500. The van der Waals surface area contributed by atoms with Gasteiger partial charge in [-0.3, -0.25) is 4.79 Å². The number of rotatable bonds is 4. The number of carbonyl (C=O) groups excluding carboxylic acids is 1. The third-order valence-electron chi connectivity index (χ3n) is 4.57. The number of hydrogen-bond acceptors (Lipinski definition) is 2. The molecule has 1 aliphatic rings. The van der Waals surface area contributed by atoms with Gasteiger partial charge in [0.05, 0.1) is 0 Å². The summed E-state index contributed by atoms with van der Waals surface area (Å²) in [6.45, 7) is 8.57. The minimum Gasteiger partial charge on any atom is -0.336 e. The number of nitrogens with zero attached hydrogens (tertiary/aromatic N) is 2. The van der Waals surface area contributed by atoms with Crippen LogP contribution in [0.5, 0.6) is 0 Å². The lowest BCUT2D eigenvalue weighted by Gasteiger charge is -2.28. The topological polar surface area (TPSA) is 37.3 Å². The Morgan fingerprint density at radius 3 is 2.68 bits per heavy atom. The van der Waals surface area contributed by atoms with Crippen LogP contribution in [0.1, 0.15) is 35.8 Å². The standard InChI is InChI=1S/C18H25N3O/c1-3-4-11-21-16-8-6-5-7-15(16)14(2)17(21)18(22)20-12-9-19-10-13-20/h5-8,19H,3-4,9-13H2,1-2H3. The smallest absolute Gasteiger partial charge is 0.270 e. The minimum atomic E-state index is 0.186. The molecule has 1 fully saturated rings. The quantitative estimate of drug-likeness (QED) is 0.942. The molecular formula is C18H25N3O. The van der Waals surface area contributed by atoms with E-state index in [1.54, 1.807) is 0 Å². The second-order valence-corrected chi connectivity index (χ2v) is 6.04. The highest BCUT2D eigenvalue weighted by Crippen LogP contribution is 2.27. The lowest BCUT2D eigenvalue weighted by atomic mass is 10.1. The van der Waals surface area contributed by atoms with Gasteiger partial charge in [-0.2, -0.15) is 0 Å². The van der Waals surface area contributed by atoms with Gasteiger partial charge in [0.15, 0.2) is 0 Å². The fourth-order valence-electron chi connectivity index (χ4n) is 3.32. The predicted molar refractivity (Wildman–Crippen MR) is 90.4 cm³/mol. The van der Waals surface area contributed by atoms with Crippen LogP contribution in [0.3, 0.4) is 0 Å². The molecule has 118 valence electrons. The van der Waals surface area contributed by atoms with Crippen molar-refractivity contribution in [1.29, 1.82) is 0 Å². The molecule has 0 unspecified atom stereocenters. The van der Waals surface area contributed by atoms with Gasteiger partial charge < -0.3 is 14.8 Å². The summed E-state index contributed by atoms with van der Waals surface area (Å²) >= 11 is 0. The predicted octanol–water partition coefficient (Wildman–Crippen LogP) is 2.80. The largest absolute Gasteiger partial charge is 0.336 e. The lowest BCUT2D eigenvalue weighted by molar-refractivity contribution is 0.0724. The number of benzene rings is 1. The maximum Gasteiger partial charge on any atom is 0.270 e. The zero-order valence-corrected chi connectivity index (χ0v) is 13.6. The summed E-state index contributed by atoms with van der Waals surface area (Å²) in [6, 6.07) is 8.37. The zero-order chi connectivity index (χ0) is 15.5. The van der Waals surface area contributed by atoms with Gasteiger partial charge in [0, 0.05) is 43.6 Å². The van der Waals surface area contributed by atoms with Gasteiger partial charge in [-0.05, 0) is 25.0 Å². The van der Waals surface area contributed by atoms with E-state index in [0.29, 0.717) is 0 Å². The molecule has 1 saturated heterocycles. The van der Waals surface area contributed by atoms with Crippen molar-refractivity contribution in [2.45, 2.75) is 33.2 Å². The number of unbranched alkanes of at least 4 members (excludes halogenated alkanes) is 1. The molecular weight excluding hydrogens is 274 g/mol. The van der Waals surface area contributed by atoms with Crippen molar-refractivity contribution in [3.8, 4) is 0 Å². The maximum absolute atomic E-state index is 13.1. The van der Waals surface area contributed by atoms with Crippen molar-refractivity contribution in [1.82, 2.24) is 14.8 Å². The van der Waals surface area contributed by atoms with Crippen LogP contribution in [0.25, 0.3) is 10.9 Å². The number of aromatic nitrogens is 1. The molecule has 0 radical (unpaired) electrons. The van der Waals surface area contributed by atoms with E-state index >= 15 is 0 Å². The molecule has 2 aromatic rings. The van der Waals surface area contributed by atoms with Crippen molar-refractivity contribution >= 4 is 16.8 Å². The Bertz CT molecular complexity index is 668. The van der Waals surface area contributed by atoms with Gasteiger partial charge >= 0.3 is 0 Å². The minimum absolute atomic E-state index is 0.186. The first kappa shape index (κ1) is 15.1. The Kier molecular flexibility index (Phi) is 4.48. The molecule has 1 aromatic carbocycles. The molecule has 4 nitrogen and oxygen atoms in total. The van der Waals surface area contributed by atoms with Gasteiger partial charge in [0.2, 0.25) is 0 Å². The molecule has 0 atom stereocenters. The zero-order valence-electron chi connectivity index (χ0n) is 13.6. The summed E-state index contributed by atoms with van der Waals surface area (Å²) in [5, 5.41) is 4.52. The Balaban J connectivity index is 2.06. The van der Waals surface area contributed by atoms with E-state index in [-0.39, 0.29) is 5.91 Å². The third kappa shape index (κ3) is 2.63. The molecule has 0 bridgehead atoms. The van der Waals surface area contributed by atoms with E-state index in [1.165, 1.54) is 10.9 Å². The molecule has 0 spiro atoms. The highest BCUT2D eigenvalue weighted by molar-refractivity contribution is 6.01. The SMILES string of the molecule is CCCCn1c(C(=O)N2CCNCC2)c(C)c2ccccc21. The Morgan fingerprint density at radius 1 is 1.23 bits per heavy atom. The maximum atomic E-state index is 13.1. The average molecular weight is 299 g/mol. The van der Waals surface area contributed by atoms with Crippen LogP contribution in [-0.2, 0) is 6.54 Å². The molecule has 1 amide bonds. The van der Waals surface area contributed by atoms with Crippen LogP contribution < -0.4 is 5.32 Å². The Labute approximate surface area is 132 Å². The number of carbonyl (C=O) groups is 1. The summed E-state index contributed by atoms with van der Waals surface area (Å²) < 4.78 is 2.23. The van der Waals surface area contributed by atoms with Crippen LogP contribution in [0, 0.1) is 6.92 Å². The van der Waals surface area contributed by atoms with Gasteiger partial charge in [-0.1, -0.05) is 31.5 Å². The van der Waals surface area contributed by atoms with Crippen LogP contribution in [0.4, 0.5) is 0 Å². The average Bonchev–Trinajstić information content (AvgIpc) is 2.86. The van der Waals surface area contributed by atoms with Crippen molar-refractivity contribution in [3.05, 3.63) is 35.5 Å². The molecule has 22 heavy (non-hydrogen) atoms. The number of piperazine rings is 1. The molecule has 1 aliphatic heterocycles. The van der Waals surface area contributed by atoms with Crippen LogP contribution >= 0.6 is 0 Å². The van der Waals surface area contributed by atoms with Gasteiger partial charge in [0.1, 0.15) is 5.69 Å². The first-order chi connectivity index (χ1) is 10.7. The molecule has 2 heterocycles. The van der Waals surface area contributed by atoms with Gasteiger partial charge in [-0.25, -0.2) is 0 Å². The Morgan fingerprint density at radius 2 is 1.95 bits per heavy atom. The van der Waals surface area contributed by atoms with Gasteiger partial charge in [0.25, 0.3) is 5.91 Å². The second-order valence-electron chi connectivity index (χ2n) is 6.04. The number of aryl methyl sites for hydroxylation is 2.